The third-order valence-electron chi connectivity index (χ3n) is 1.95. The van der Waals surface area contributed by atoms with Gasteiger partial charge in [0.05, 0.1) is 12.7 Å². The SMILES string of the molecule is CC(C1CNCCO1)S(=O)(=O)O. The van der Waals surface area contributed by atoms with Crippen molar-refractivity contribution in [3.63, 3.8) is 0 Å². The maximum absolute atomic E-state index is 10.7. The minimum atomic E-state index is -3.97. The zero-order chi connectivity index (χ0) is 9.19. The van der Waals surface area contributed by atoms with Crippen LogP contribution < -0.4 is 5.32 Å². The second kappa shape index (κ2) is 3.69. The minimum Gasteiger partial charge on any atom is -0.374 e. The van der Waals surface area contributed by atoms with Gasteiger partial charge >= 0.3 is 0 Å². The van der Waals surface area contributed by atoms with E-state index in [1.807, 2.05) is 0 Å². The van der Waals surface area contributed by atoms with Gasteiger partial charge < -0.3 is 10.1 Å². The van der Waals surface area contributed by atoms with E-state index in [1.165, 1.54) is 6.92 Å². The number of rotatable bonds is 2. The summed E-state index contributed by atoms with van der Waals surface area (Å²) in [5.74, 6) is 0. The van der Waals surface area contributed by atoms with Crippen LogP contribution in [0.4, 0.5) is 0 Å². The monoisotopic (exact) mass is 195 g/mol. The molecule has 0 aromatic rings. The second-order valence-electron chi connectivity index (χ2n) is 2.83. The van der Waals surface area contributed by atoms with Crippen LogP contribution in [0, 0.1) is 0 Å². The zero-order valence-corrected chi connectivity index (χ0v) is 7.67. The van der Waals surface area contributed by atoms with Crippen LogP contribution >= 0.6 is 0 Å². The summed E-state index contributed by atoms with van der Waals surface area (Å²) in [5, 5.41) is 2.13. The quantitative estimate of drug-likeness (QED) is 0.567. The smallest absolute Gasteiger partial charge is 0.270 e. The summed E-state index contributed by atoms with van der Waals surface area (Å²) >= 11 is 0. The number of nitrogens with one attached hydrogen (secondary N) is 1. The van der Waals surface area contributed by atoms with E-state index in [9.17, 15) is 8.42 Å². The van der Waals surface area contributed by atoms with Crippen LogP contribution in [-0.2, 0) is 14.9 Å². The highest BCUT2D eigenvalue weighted by molar-refractivity contribution is 7.86. The second-order valence-corrected chi connectivity index (χ2v) is 4.61. The summed E-state index contributed by atoms with van der Waals surface area (Å²) in [4.78, 5) is 0. The van der Waals surface area contributed by atoms with Crippen LogP contribution in [0.5, 0.6) is 0 Å². The van der Waals surface area contributed by atoms with Gasteiger partial charge in [-0.2, -0.15) is 8.42 Å². The molecular formula is C6H13NO4S. The van der Waals surface area contributed by atoms with E-state index < -0.39 is 21.5 Å². The Labute approximate surface area is 71.9 Å². The molecule has 0 aromatic carbocycles. The van der Waals surface area contributed by atoms with E-state index in [1.54, 1.807) is 0 Å². The highest BCUT2D eigenvalue weighted by Gasteiger charge is 2.29. The molecule has 1 fully saturated rings. The van der Waals surface area contributed by atoms with Crippen molar-refractivity contribution in [2.45, 2.75) is 18.3 Å². The average molecular weight is 195 g/mol. The van der Waals surface area contributed by atoms with Crippen molar-refractivity contribution in [2.24, 2.45) is 0 Å². The Morgan fingerprint density at radius 3 is 2.75 bits per heavy atom. The Balaban J connectivity index is 2.57. The highest BCUT2D eigenvalue weighted by Crippen LogP contribution is 2.09. The number of ether oxygens (including phenoxy) is 1. The van der Waals surface area contributed by atoms with Gasteiger partial charge in [-0.25, -0.2) is 0 Å². The summed E-state index contributed by atoms with van der Waals surface area (Å²) < 4.78 is 35.2. The topological polar surface area (TPSA) is 75.6 Å². The van der Waals surface area contributed by atoms with E-state index in [-0.39, 0.29) is 0 Å². The lowest BCUT2D eigenvalue weighted by Crippen LogP contribution is -2.46. The summed E-state index contributed by atoms with van der Waals surface area (Å²) in [7, 11) is -3.97. The van der Waals surface area contributed by atoms with Gasteiger partial charge in [0.25, 0.3) is 10.1 Å². The lowest BCUT2D eigenvalue weighted by molar-refractivity contribution is 0.0275. The van der Waals surface area contributed by atoms with E-state index in [0.717, 1.165) is 6.54 Å². The predicted octanol–water partition coefficient (Wildman–Crippen LogP) is -0.749. The molecule has 5 nitrogen and oxygen atoms in total. The lowest BCUT2D eigenvalue weighted by atomic mass is 10.2. The molecule has 0 aromatic heterocycles. The summed E-state index contributed by atoms with van der Waals surface area (Å²) in [5.41, 5.74) is 0. The average Bonchev–Trinajstić information content (AvgIpc) is 2.03. The van der Waals surface area contributed by atoms with Gasteiger partial charge in [0.15, 0.2) is 0 Å². The van der Waals surface area contributed by atoms with Gasteiger partial charge in [-0.15, -0.1) is 0 Å². The Morgan fingerprint density at radius 2 is 2.33 bits per heavy atom. The molecule has 6 heteroatoms. The first-order valence-corrected chi connectivity index (χ1v) is 5.31. The first kappa shape index (κ1) is 9.91. The zero-order valence-electron chi connectivity index (χ0n) is 6.86. The van der Waals surface area contributed by atoms with Gasteiger partial charge in [-0.05, 0) is 6.92 Å². The lowest BCUT2D eigenvalue weighted by Gasteiger charge is -2.26. The molecule has 1 aliphatic rings. The van der Waals surface area contributed by atoms with Crippen molar-refractivity contribution in [3.05, 3.63) is 0 Å². The number of morpholine rings is 1. The molecule has 1 aliphatic heterocycles. The summed E-state index contributed by atoms with van der Waals surface area (Å²) in [6.07, 6.45) is -0.436. The molecule has 2 atom stereocenters. The minimum absolute atomic E-state index is 0.436. The molecule has 0 amide bonds. The van der Waals surface area contributed by atoms with Crippen LogP contribution in [0.25, 0.3) is 0 Å². The summed E-state index contributed by atoms with van der Waals surface area (Å²) in [6.45, 7) is 3.13. The van der Waals surface area contributed by atoms with Gasteiger partial charge in [0.1, 0.15) is 5.25 Å². The van der Waals surface area contributed by atoms with Gasteiger partial charge in [0.2, 0.25) is 0 Å². The third-order valence-corrected chi connectivity index (χ3v) is 3.19. The van der Waals surface area contributed by atoms with Crippen molar-refractivity contribution < 1.29 is 17.7 Å². The van der Waals surface area contributed by atoms with E-state index in [0.29, 0.717) is 13.2 Å². The van der Waals surface area contributed by atoms with E-state index in [4.69, 9.17) is 9.29 Å². The number of hydrogen-bond donors (Lipinski definition) is 2. The third kappa shape index (κ3) is 2.41. The van der Waals surface area contributed by atoms with Gasteiger partial charge in [-0.1, -0.05) is 0 Å². The molecule has 0 spiro atoms. The molecule has 0 aliphatic carbocycles. The standard InChI is InChI=1S/C6H13NO4S/c1-5(12(8,9)10)6-4-7-2-3-11-6/h5-7H,2-4H2,1H3,(H,8,9,10). The molecule has 2 unspecified atom stereocenters. The van der Waals surface area contributed by atoms with Crippen LogP contribution in [-0.4, -0.2) is 44.0 Å². The Kier molecular flexibility index (Phi) is 3.05. The molecule has 0 radical (unpaired) electrons. The molecule has 1 rings (SSSR count). The molecule has 2 N–H and O–H groups in total. The molecule has 72 valence electrons. The first-order chi connectivity index (χ1) is 5.52. The molecule has 1 heterocycles. The Hall–Kier alpha value is -0.170. The van der Waals surface area contributed by atoms with Crippen LogP contribution in [0.2, 0.25) is 0 Å². The molecule has 1 saturated heterocycles. The maximum atomic E-state index is 10.7. The van der Waals surface area contributed by atoms with Crippen LogP contribution in [0.3, 0.4) is 0 Å². The van der Waals surface area contributed by atoms with Crippen molar-refractivity contribution in [3.8, 4) is 0 Å². The van der Waals surface area contributed by atoms with Crippen molar-refractivity contribution in [2.75, 3.05) is 19.7 Å². The Morgan fingerprint density at radius 1 is 1.67 bits per heavy atom. The predicted molar refractivity (Wildman–Crippen MR) is 43.6 cm³/mol. The fourth-order valence-corrected chi connectivity index (χ4v) is 1.64. The fraction of sp³-hybridized carbons (Fsp3) is 1.00. The number of hydrogen-bond acceptors (Lipinski definition) is 4. The van der Waals surface area contributed by atoms with Crippen molar-refractivity contribution in [1.82, 2.24) is 5.32 Å². The summed E-state index contributed by atoms with van der Waals surface area (Å²) in [6, 6.07) is 0. The molecule has 0 bridgehead atoms. The normalized spacial score (nSPS) is 28.3. The van der Waals surface area contributed by atoms with Crippen molar-refractivity contribution >= 4 is 10.1 Å². The van der Waals surface area contributed by atoms with Gasteiger partial charge in [-0.3, -0.25) is 4.55 Å². The largest absolute Gasteiger partial charge is 0.374 e. The van der Waals surface area contributed by atoms with Gasteiger partial charge in [0, 0.05) is 13.1 Å². The molecular weight excluding hydrogens is 182 g/mol. The van der Waals surface area contributed by atoms with E-state index >= 15 is 0 Å². The fourth-order valence-electron chi connectivity index (χ4n) is 1.08. The maximum Gasteiger partial charge on any atom is 0.270 e. The highest BCUT2D eigenvalue weighted by atomic mass is 32.2. The molecule has 0 saturated carbocycles. The van der Waals surface area contributed by atoms with Crippen LogP contribution in [0.1, 0.15) is 6.92 Å². The van der Waals surface area contributed by atoms with Crippen molar-refractivity contribution in [1.29, 1.82) is 0 Å². The molecule has 12 heavy (non-hydrogen) atoms. The van der Waals surface area contributed by atoms with Crippen LogP contribution in [0.15, 0.2) is 0 Å². The first-order valence-electron chi connectivity index (χ1n) is 3.80. The Bertz CT molecular complexity index is 232. The van der Waals surface area contributed by atoms with E-state index in [2.05, 4.69) is 5.32 Å².